The molecule has 0 aromatic heterocycles. The normalized spacial score (nSPS) is 14.1. The van der Waals surface area contributed by atoms with E-state index >= 15 is 0 Å². The van der Waals surface area contributed by atoms with Crippen molar-refractivity contribution in [2.24, 2.45) is 5.73 Å². The Bertz CT molecular complexity index is 220. The number of hydrogen-bond acceptors (Lipinski definition) is 2. The van der Waals surface area contributed by atoms with Gasteiger partial charge in [-0.25, -0.2) is 0 Å². The number of hydrogen-bond donors (Lipinski definition) is 1. The summed E-state index contributed by atoms with van der Waals surface area (Å²) in [5.41, 5.74) is 6.01. The van der Waals surface area contributed by atoms with Gasteiger partial charge in [-0.3, -0.25) is 0 Å². The minimum Gasteiger partial charge on any atom is -0.360 e. The molecule has 0 heterocycles. The Morgan fingerprint density at radius 3 is 1.39 bits per heavy atom. The van der Waals surface area contributed by atoms with Crippen LogP contribution in [0.2, 0.25) is 0 Å². The van der Waals surface area contributed by atoms with Crippen molar-refractivity contribution in [1.29, 1.82) is 0 Å². The van der Waals surface area contributed by atoms with E-state index in [2.05, 4.69) is 20.8 Å². The van der Waals surface area contributed by atoms with Gasteiger partial charge in [0.25, 0.3) is 0 Å². The first-order chi connectivity index (χ1) is 11.2. The first-order valence-corrected chi connectivity index (χ1v) is 10.7. The molecular formula is C21H45NO. The number of ether oxygens (including phenoxy) is 1. The molecule has 0 fully saturated rings. The first kappa shape index (κ1) is 22.9. The molecule has 0 spiro atoms. The largest absolute Gasteiger partial charge is 0.360 e. The van der Waals surface area contributed by atoms with E-state index in [1.54, 1.807) is 0 Å². The van der Waals surface area contributed by atoms with Crippen molar-refractivity contribution in [2.45, 2.75) is 136 Å². The maximum Gasteiger partial charge on any atom is 0.105 e. The lowest BCUT2D eigenvalue weighted by atomic mass is 10.0. The van der Waals surface area contributed by atoms with Crippen molar-refractivity contribution in [3.63, 3.8) is 0 Å². The van der Waals surface area contributed by atoms with Crippen molar-refractivity contribution in [3.8, 4) is 0 Å². The highest BCUT2D eigenvalue weighted by molar-refractivity contribution is 4.62. The average Bonchev–Trinajstić information content (AvgIpc) is 2.56. The summed E-state index contributed by atoms with van der Waals surface area (Å²) in [5.74, 6) is 0. The molecule has 2 atom stereocenters. The number of rotatable bonds is 18. The topological polar surface area (TPSA) is 35.2 Å². The van der Waals surface area contributed by atoms with Crippen molar-refractivity contribution < 1.29 is 4.74 Å². The summed E-state index contributed by atoms with van der Waals surface area (Å²) in [6.07, 6.45) is 21.4. The molecule has 0 saturated carbocycles. The third kappa shape index (κ3) is 16.6. The molecule has 0 radical (unpaired) electrons. The number of nitrogens with two attached hydrogens (primary N) is 1. The van der Waals surface area contributed by atoms with E-state index in [1.807, 2.05) is 0 Å². The summed E-state index contributed by atoms with van der Waals surface area (Å²) in [6, 6.07) is 0. The minimum atomic E-state index is -0.0651. The van der Waals surface area contributed by atoms with Crippen molar-refractivity contribution >= 4 is 0 Å². The van der Waals surface area contributed by atoms with Gasteiger partial charge < -0.3 is 10.5 Å². The molecular weight excluding hydrogens is 282 g/mol. The van der Waals surface area contributed by atoms with Crippen LogP contribution < -0.4 is 5.73 Å². The van der Waals surface area contributed by atoms with E-state index in [0.29, 0.717) is 6.10 Å². The van der Waals surface area contributed by atoms with Crippen LogP contribution in [-0.2, 0) is 4.74 Å². The molecule has 0 amide bonds. The Hall–Kier alpha value is -0.0800. The fourth-order valence-electron chi connectivity index (χ4n) is 3.11. The van der Waals surface area contributed by atoms with Crippen LogP contribution >= 0.6 is 0 Å². The lowest BCUT2D eigenvalue weighted by Crippen LogP contribution is -2.29. The Labute approximate surface area is 146 Å². The van der Waals surface area contributed by atoms with E-state index in [9.17, 15) is 0 Å². The van der Waals surface area contributed by atoms with E-state index in [0.717, 1.165) is 6.42 Å². The lowest BCUT2D eigenvalue weighted by Gasteiger charge is -2.22. The molecule has 2 N–H and O–H groups in total. The van der Waals surface area contributed by atoms with Gasteiger partial charge in [-0.05, 0) is 19.3 Å². The fraction of sp³-hybridized carbons (Fsp3) is 1.00. The summed E-state index contributed by atoms with van der Waals surface area (Å²) >= 11 is 0. The molecule has 2 unspecified atom stereocenters. The monoisotopic (exact) mass is 327 g/mol. The fourth-order valence-corrected chi connectivity index (χ4v) is 3.11. The van der Waals surface area contributed by atoms with Gasteiger partial charge >= 0.3 is 0 Å². The van der Waals surface area contributed by atoms with Crippen LogP contribution in [-0.4, -0.2) is 12.3 Å². The van der Waals surface area contributed by atoms with Gasteiger partial charge in [0.2, 0.25) is 0 Å². The highest BCUT2D eigenvalue weighted by Crippen LogP contribution is 2.18. The van der Waals surface area contributed by atoms with Gasteiger partial charge in [-0.15, -0.1) is 0 Å². The molecule has 0 bridgehead atoms. The molecule has 23 heavy (non-hydrogen) atoms. The second kappa shape index (κ2) is 18.3. The minimum absolute atomic E-state index is 0.0651. The average molecular weight is 328 g/mol. The van der Waals surface area contributed by atoms with Gasteiger partial charge in [-0.1, -0.05) is 104 Å². The van der Waals surface area contributed by atoms with Gasteiger partial charge in [0, 0.05) is 0 Å². The van der Waals surface area contributed by atoms with Crippen molar-refractivity contribution in [2.75, 3.05) is 0 Å². The Morgan fingerprint density at radius 1 is 0.609 bits per heavy atom. The molecule has 0 aliphatic carbocycles. The highest BCUT2D eigenvalue weighted by atomic mass is 16.5. The van der Waals surface area contributed by atoms with Gasteiger partial charge in [0.15, 0.2) is 0 Å². The summed E-state index contributed by atoms with van der Waals surface area (Å²) in [6.45, 7) is 6.67. The SMILES string of the molecule is CCCCCCCCCC(CCCCCCCC)OC(N)CC. The third-order valence-electron chi connectivity index (χ3n) is 4.78. The molecule has 0 aliphatic heterocycles. The molecule has 2 nitrogen and oxygen atoms in total. The lowest BCUT2D eigenvalue weighted by molar-refractivity contribution is -0.0210. The van der Waals surface area contributed by atoms with Gasteiger partial charge in [0.1, 0.15) is 6.23 Å². The van der Waals surface area contributed by atoms with E-state index in [4.69, 9.17) is 10.5 Å². The van der Waals surface area contributed by atoms with Gasteiger partial charge in [-0.2, -0.15) is 0 Å². The third-order valence-corrected chi connectivity index (χ3v) is 4.78. The zero-order valence-corrected chi connectivity index (χ0v) is 16.5. The van der Waals surface area contributed by atoms with Crippen molar-refractivity contribution in [3.05, 3.63) is 0 Å². The Balaban J connectivity index is 3.73. The van der Waals surface area contributed by atoms with Gasteiger partial charge in [0.05, 0.1) is 6.10 Å². The standard InChI is InChI=1S/C21H45NO/c1-4-7-9-11-13-15-17-19-20(23-21(22)6-3)18-16-14-12-10-8-5-2/h20-21H,4-19,22H2,1-3H3. The molecule has 0 aromatic rings. The smallest absolute Gasteiger partial charge is 0.105 e. The van der Waals surface area contributed by atoms with Crippen LogP contribution in [0.5, 0.6) is 0 Å². The van der Waals surface area contributed by atoms with Crippen LogP contribution in [0.4, 0.5) is 0 Å². The Morgan fingerprint density at radius 2 is 1.00 bits per heavy atom. The van der Waals surface area contributed by atoms with E-state index in [1.165, 1.54) is 96.3 Å². The molecule has 0 saturated heterocycles. The van der Waals surface area contributed by atoms with E-state index in [-0.39, 0.29) is 6.23 Å². The number of unbranched alkanes of at least 4 members (excludes halogenated alkanes) is 11. The second-order valence-electron chi connectivity index (χ2n) is 7.17. The summed E-state index contributed by atoms with van der Waals surface area (Å²) < 4.78 is 6.05. The quantitative estimate of drug-likeness (QED) is 0.218. The predicted molar refractivity (Wildman–Crippen MR) is 104 cm³/mol. The van der Waals surface area contributed by atoms with Crippen LogP contribution in [0.15, 0.2) is 0 Å². The Kier molecular flexibility index (Phi) is 18.2. The summed E-state index contributed by atoms with van der Waals surface area (Å²) in [5, 5.41) is 0. The predicted octanol–water partition coefficient (Wildman–Crippen LogP) is 6.96. The van der Waals surface area contributed by atoms with Crippen LogP contribution in [0.25, 0.3) is 0 Å². The maximum absolute atomic E-state index is 6.05. The first-order valence-electron chi connectivity index (χ1n) is 10.7. The molecule has 0 rings (SSSR count). The molecule has 2 heteroatoms. The van der Waals surface area contributed by atoms with E-state index < -0.39 is 0 Å². The highest BCUT2D eigenvalue weighted by Gasteiger charge is 2.12. The zero-order valence-electron chi connectivity index (χ0n) is 16.5. The summed E-state index contributed by atoms with van der Waals surface area (Å²) in [7, 11) is 0. The molecule has 0 aliphatic rings. The maximum atomic E-state index is 6.05. The van der Waals surface area contributed by atoms with Crippen LogP contribution in [0, 0.1) is 0 Å². The van der Waals surface area contributed by atoms with Crippen LogP contribution in [0.3, 0.4) is 0 Å². The summed E-state index contributed by atoms with van der Waals surface area (Å²) in [4.78, 5) is 0. The van der Waals surface area contributed by atoms with Crippen molar-refractivity contribution in [1.82, 2.24) is 0 Å². The molecule has 140 valence electrons. The zero-order chi connectivity index (χ0) is 17.2. The second-order valence-corrected chi connectivity index (χ2v) is 7.17. The molecule has 0 aromatic carbocycles. The van der Waals surface area contributed by atoms with Crippen LogP contribution in [0.1, 0.15) is 124 Å².